The fraction of sp³-hybridized carbons (Fsp3) is 0.333. The van der Waals surface area contributed by atoms with Gasteiger partial charge in [0.15, 0.2) is 0 Å². The van der Waals surface area contributed by atoms with E-state index in [1.807, 2.05) is 25.3 Å². The van der Waals surface area contributed by atoms with Crippen LogP contribution in [0.25, 0.3) is 5.57 Å². The molecule has 1 aliphatic carbocycles. The van der Waals surface area contributed by atoms with E-state index in [1.165, 1.54) is 18.3 Å². The number of fused-ring (bicyclic) bond motifs is 1. The van der Waals surface area contributed by atoms with Gasteiger partial charge in [0.05, 0.1) is 5.69 Å². The zero-order chi connectivity index (χ0) is 21.3. The van der Waals surface area contributed by atoms with E-state index in [1.54, 1.807) is 24.0 Å². The van der Waals surface area contributed by atoms with Gasteiger partial charge in [-0.3, -0.25) is 4.79 Å². The molecular weight excluding hydrogens is 381 g/mol. The van der Waals surface area contributed by atoms with Crippen molar-refractivity contribution >= 4 is 23.4 Å². The van der Waals surface area contributed by atoms with Crippen LogP contribution in [0.15, 0.2) is 42.6 Å². The Morgan fingerprint density at radius 1 is 1.20 bits per heavy atom. The van der Waals surface area contributed by atoms with Gasteiger partial charge in [-0.1, -0.05) is 0 Å². The van der Waals surface area contributed by atoms with Gasteiger partial charge in [0.25, 0.3) is 0 Å². The standard InChI is InChI=1S/C24H26FN3O2/c1-15-3-10-22-23(28(15)16(2)29)12-11-21(17(13-26)14-27-19-6-7-19)24(22)30-20-8-4-18(25)5-9-20/h4-5,8-9,11-15,19,26-27H,3,6-7,10H2,1-2H3/b17-14+,26-13?/t15-/m0/s1. The minimum absolute atomic E-state index is 0.0119. The Morgan fingerprint density at radius 2 is 1.93 bits per heavy atom. The molecule has 1 atom stereocenters. The molecule has 0 saturated heterocycles. The highest BCUT2D eigenvalue weighted by molar-refractivity contribution is 6.10. The normalized spacial score (nSPS) is 18.6. The third-order valence-electron chi connectivity index (χ3n) is 5.64. The third kappa shape index (κ3) is 4.08. The number of anilines is 1. The van der Waals surface area contributed by atoms with E-state index in [2.05, 4.69) is 5.32 Å². The van der Waals surface area contributed by atoms with Gasteiger partial charge in [-0.05, 0) is 69.0 Å². The Labute approximate surface area is 176 Å². The largest absolute Gasteiger partial charge is 0.456 e. The van der Waals surface area contributed by atoms with Gasteiger partial charge in [0, 0.05) is 48.1 Å². The van der Waals surface area contributed by atoms with Crippen LogP contribution in [0.3, 0.4) is 0 Å². The molecule has 1 aliphatic heterocycles. The molecule has 0 bridgehead atoms. The van der Waals surface area contributed by atoms with Gasteiger partial charge >= 0.3 is 0 Å². The molecule has 5 nitrogen and oxygen atoms in total. The SMILES string of the molecule is CC(=O)N1c2ccc(/C(C=N)=C/NC3CC3)c(Oc3ccc(F)cc3)c2CC[C@@H]1C. The molecule has 156 valence electrons. The van der Waals surface area contributed by atoms with Crippen molar-refractivity contribution in [3.63, 3.8) is 0 Å². The van der Waals surface area contributed by atoms with Gasteiger partial charge in [-0.25, -0.2) is 4.39 Å². The van der Waals surface area contributed by atoms with Crippen LogP contribution >= 0.6 is 0 Å². The third-order valence-corrected chi connectivity index (χ3v) is 5.64. The predicted octanol–water partition coefficient (Wildman–Crippen LogP) is 5.05. The number of benzene rings is 2. The van der Waals surface area contributed by atoms with Crippen molar-refractivity contribution in [3.05, 3.63) is 59.5 Å². The summed E-state index contributed by atoms with van der Waals surface area (Å²) in [5.41, 5.74) is 3.25. The lowest BCUT2D eigenvalue weighted by atomic mass is 9.91. The Bertz CT molecular complexity index is 996. The van der Waals surface area contributed by atoms with Crippen molar-refractivity contribution in [1.29, 1.82) is 5.41 Å². The van der Waals surface area contributed by atoms with Crippen LogP contribution in [0.4, 0.5) is 10.1 Å². The van der Waals surface area contributed by atoms with Crippen LogP contribution in [0.5, 0.6) is 11.5 Å². The van der Waals surface area contributed by atoms with Crippen molar-refractivity contribution in [2.24, 2.45) is 0 Å². The van der Waals surface area contributed by atoms with E-state index in [-0.39, 0.29) is 17.8 Å². The summed E-state index contributed by atoms with van der Waals surface area (Å²) < 4.78 is 19.6. The summed E-state index contributed by atoms with van der Waals surface area (Å²) in [5, 5.41) is 11.3. The van der Waals surface area contributed by atoms with Gasteiger partial charge in [0.1, 0.15) is 17.3 Å². The lowest BCUT2D eigenvalue weighted by molar-refractivity contribution is -0.117. The van der Waals surface area contributed by atoms with E-state index in [0.717, 1.165) is 42.5 Å². The van der Waals surface area contributed by atoms with E-state index in [9.17, 15) is 9.18 Å². The molecule has 2 N–H and O–H groups in total. The Hall–Kier alpha value is -3.15. The number of carbonyl (C=O) groups excluding carboxylic acids is 1. The monoisotopic (exact) mass is 407 g/mol. The highest BCUT2D eigenvalue weighted by atomic mass is 19.1. The summed E-state index contributed by atoms with van der Waals surface area (Å²) in [6.45, 7) is 3.61. The average molecular weight is 407 g/mol. The first kappa shape index (κ1) is 20.1. The van der Waals surface area contributed by atoms with E-state index in [4.69, 9.17) is 10.1 Å². The van der Waals surface area contributed by atoms with Gasteiger partial charge in [-0.2, -0.15) is 0 Å². The molecule has 1 saturated carbocycles. The Morgan fingerprint density at radius 3 is 2.57 bits per heavy atom. The molecule has 1 amide bonds. The topological polar surface area (TPSA) is 65.4 Å². The molecule has 4 rings (SSSR count). The van der Waals surface area contributed by atoms with Crippen LogP contribution in [0.1, 0.15) is 44.2 Å². The molecular formula is C24H26FN3O2. The molecule has 0 aromatic heterocycles. The summed E-state index contributed by atoms with van der Waals surface area (Å²) in [6, 6.07) is 10.3. The maximum Gasteiger partial charge on any atom is 0.224 e. The first-order valence-electron chi connectivity index (χ1n) is 10.3. The number of allylic oxidation sites excluding steroid dienone is 1. The van der Waals surface area contributed by atoms with Crippen LogP contribution in [0.2, 0.25) is 0 Å². The first-order chi connectivity index (χ1) is 14.5. The number of amides is 1. The smallest absolute Gasteiger partial charge is 0.224 e. The highest BCUT2D eigenvalue weighted by Crippen LogP contribution is 2.43. The number of hydrogen-bond acceptors (Lipinski definition) is 4. The van der Waals surface area contributed by atoms with Gasteiger partial charge in [-0.15, -0.1) is 0 Å². The van der Waals surface area contributed by atoms with Crippen molar-refractivity contribution in [3.8, 4) is 11.5 Å². The molecule has 2 aromatic rings. The molecule has 1 heterocycles. The molecule has 1 fully saturated rings. The van der Waals surface area contributed by atoms with Crippen molar-refractivity contribution < 1.29 is 13.9 Å². The number of ether oxygens (including phenoxy) is 1. The summed E-state index contributed by atoms with van der Waals surface area (Å²) in [5.74, 6) is 0.785. The minimum atomic E-state index is -0.331. The number of halogens is 1. The van der Waals surface area contributed by atoms with Crippen LogP contribution in [-0.2, 0) is 11.2 Å². The maximum atomic E-state index is 13.4. The van der Waals surface area contributed by atoms with Crippen LogP contribution < -0.4 is 15.0 Å². The lowest BCUT2D eigenvalue weighted by Crippen LogP contribution is -2.40. The summed E-state index contributed by atoms with van der Waals surface area (Å²) in [6.07, 6.45) is 7.01. The lowest BCUT2D eigenvalue weighted by Gasteiger charge is -2.36. The fourth-order valence-corrected chi connectivity index (χ4v) is 3.90. The van der Waals surface area contributed by atoms with E-state index >= 15 is 0 Å². The van der Waals surface area contributed by atoms with E-state index < -0.39 is 0 Å². The maximum absolute atomic E-state index is 13.4. The fourth-order valence-electron chi connectivity index (χ4n) is 3.90. The minimum Gasteiger partial charge on any atom is -0.456 e. The zero-order valence-electron chi connectivity index (χ0n) is 17.2. The average Bonchev–Trinajstić information content (AvgIpc) is 3.55. The summed E-state index contributed by atoms with van der Waals surface area (Å²) >= 11 is 0. The number of hydrogen-bond donors (Lipinski definition) is 2. The molecule has 0 unspecified atom stereocenters. The van der Waals surface area contributed by atoms with Gasteiger partial charge in [0.2, 0.25) is 5.91 Å². The quantitative estimate of drug-likeness (QED) is 0.659. The second-order valence-corrected chi connectivity index (χ2v) is 7.96. The molecule has 0 spiro atoms. The Kier molecular flexibility index (Phi) is 5.57. The zero-order valence-corrected chi connectivity index (χ0v) is 17.2. The second kappa shape index (κ2) is 8.30. The van der Waals surface area contributed by atoms with Crippen LogP contribution in [0, 0.1) is 11.2 Å². The molecule has 6 heteroatoms. The van der Waals surface area contributed by atoms with Crippen molar-refractivity contribution in [2.75, 3.05) is 4.90 Å². The van der Waals surface area contributed by atoms with Crippen molar-refractivity contribution in [2.45, 2.75) is 51.6 Å². The first-order valence-corrected chi connectivity index (χ1v) is 10.3. The molecule has 0 radical (unpaired) electrons. The number of nitrogens with one attached hydrogen (secondary N) is 2. The summed E-state index contributed by atoms with van der Waals surface area (Å²) in [7, 11) is 0. The number of rotatable bonds is 6. The Balaban J connectivity index is 1.83. The highest BCUT2D eigenvalue weighted by Gasteiger charge is 2.30. The second-order valence-electron chi connectivity index (χ2n) is 7.96. The molecule has 2 aliphatic rings. The number of nitrogens with zero attached hydrogens (tertiary/aromatic N) is 1. The predicted molar refractivity (Wildman–Crippen MR) is 117 cm³/mol. The van der Waals surface area contributed by atoms with E-state index in [0.29, 0.717) is 23.1 Å². The number of carbonyl (C=O) groups is 1. The summed E-state index contributed by atoms with van der Waals surface area (Å²) in [4.78, 5) is 14.1. The van der Waals surface area contributed by atoms with Gasteiger partial charge < -0.3 is 20.4 Å². The molecule has 30 heavy (non-hydrogen) atoms. The van der Waals surface area contributed by atoms with Crippen LogP contribution in [-0.4, -0.2) is 24.2 Å². The molecule has 2 aromatic carbocycles. The van der Waals surface area contributed by atoms with Crippen molar-refractivity contribution in [1.82, 2.24) is 5.32 Å².